The summed E-state index contributed by atoms with van der Waals surface area (Å²) in [6.07, 6.45) is 0. The molecule has 6 nitrogen and oxygen atoms in total. The van der Waals surface area contributed by atoms with E-state index in [-0.39, 0.29) is 12.6 Å². The Morgan fingerprint density at radius 1 is 1.80 bits per heavy atom. The first-order chi connectivity index (χ1) is 6.97. The Morgan fingerprint density at radius 3 is 3.00 bits per heavy atom. The number of carbonyl (C=O) groups is 1. The Bertz CT molecular complexity index is 285. The van der Waals surface area contributed by atoms with Gasteiger partial charge in [0.25, 0.3) is 0 Å². The highest BCUT2D eigenvalue weighted by molar-refractivity contribution is 5.76. The van der Waals surface area contributed by atoms with Crippen LogP contribution in [0.1, 0.15) is 6.92 Å². The number of carboxylic acid groups (broad SMARTS) is 1. The molecular formula is C9H15N3O3. The van der Waals surface area contributed by atoms with Crippen LogP contribution in [0.5, 0.6) is 0 Å². The number of hydrogen-bond donors (Lipinski definition) is 3. The number of piperazine rings is 1. The predicted octanol–water partition coefficient (Wildman–Crippen LogP) is -1.38. The van der Waals surface area contributed by atoms with Crippen LogP contribution in [0.25, 0.3) is 0 Å². The number of rotatable bonds is 3. The zero-order chi connectivity index (χ0) is 11.5. The second kappa shape index (κ2) is 4.57. The van der Waals surface area contributed by atoms with E-state index in [1.165, 1.54) is 6.92 Å². The molecule has 1 saturated heterocycles. The second-order valence-corrected chi connectivity index (χ2v) is 3.90. The summed E-state index contributed by atoms with van der Waals surface area (Å²) in [6.45, 7) is 3.00. The van der Waals surface area contributed by atoms with Crippen molar-refractivity contribution in [2.45, 2.75) is 18.6 Å². The van der Waals surface area contributed by atoms with Crippen LogP contribution in [0.2, 0.25) is 0 Å². The van der Waals surface area contributed by atoms with Crippen LogP contribution in [0.4, 0.5) is 0 Å². The van der Waals surface area contributed by atoms with Crippen molar-refractivity contribution in [2.24, 2.45) is 0 Å². The number of nitrogens with one attached hydrogen (secondary N) is 1. The van der Waals surface area contributed by atoms with Crippen LogP contribution < -0.4 is 5.32 Å². The number of nitriles is 1. The van der Waals surface area contributed by atoms with Crippen LogP contribution in [-0.4, -0.2) is 58.9 Å². The molecule has 84 valence electrons. The van der Waals surface area contributed by atoms with Gasteiger partial charge >= 0.3 is 5.97 Å². The minimum atomic E-state index is -1.80. The molecule has 1 fully saturated rings. The maximum absolute atomic E-state index is 10.7. The number of aliphatic hydroxyl groups is 1. The molecule has 0 spiro atoms. The van der Waals surface area contributed by atoms with E-state index in [1.807, 2.05) is 0 Å². The van der Waals surface area contributed by atoms with Crippen molar-refractivity contribution in [3.63, 3.8) is 0 Å². The summed E-state index contributed by atoms with van der Waals surface area (Å²) >= 11 is 0. The zero-order valence-electron chi connectivity index (χ0n) is 8.60. The molecule has 1 heterocycles. The fourth-order valence-corrected chi connectivity index (χ4v) is 1.53. The molecule has 0 aliphatic carbocycles. The lowest BCUT2D eigenvalue weighted by atomic mass is 10.0. The van der Waals surface area contributed by atoms with Gasteiger partial charge in [0, 0.05) is 26.2 Å². The Balaban J connectivity index is 2.63. The van der Waals surface area contributed by atoms with Gasteiger partial charge < -0.3 is 15.5 Å². The Hall–Kier alpha value is -1.16. The molecule has 0 aromatic rings. The van der Waals surface area contributed by atoms with E-state index in [0.717, 1.165) is 0 Å². The van der Waals surface area contributed by atoms with Crippen LogP contribution in [0.15, 0.2) is 0 Å². The number of aliphatic carboxylic acids is 1. The fourth-order valence-electron chi connectivity index (χ4n) is 1.53. The smallest absolute Gasteiger partial charge is 0.336 e. The Morgan fingerprint density at radius 2 is 2.47 bits per heavy atom. The van der Waals surface area contributed by atoms with E-state index < -0.39 is 11.6 Å². The summed E-state index contributed by atoms with van der Waals surface area (Å²) in [5.41, 5.74) is -1.80. The molecule has 1 rings (SSSR count). The third kappa shape index (κ3) is 2.89. The van der Waals surface area contributed by atoms with Crippen molar-refractivity contribution in [2.75, 3.05) is 26.2 Å². The monoisotopic (exact) mass is 213 g/mol. The molecule has 0 radical (unpaired) electrons. The van der Waals surface area contributed by atoms with E-state index >= 15 is 0 Å². The van der Waals surface area contributed by atoms with Gasteiger partial charge in [-0.1, -0.05) is 0 Å². The summed E-state index contributed by atoms with van der Waals surface area (Å²) in [4.78, 5) is 12.4. The minimum Gasteiger partial charge on any atom is -0.479 e. The van der Waals surface area contributed by atoms with Crippen LogP contribution >= 0.6 is 0 Å². The van der Waals surface area contributed by atoms with Crippen molar-refractivity contribution in [3.8, 4) is 6.07 Å². The summed E-state index contributed by atoms with van der Waals surface area (Å²) in [6, 6.07) is 1.70. The van der Waals surface area contributed by atoms with Crippen molar-refractivity contribution < 1.29 is 15.0 Å². The lowest BCUT2D eigenvalue weighted by Crippen LogP contribution is -2.56. The average molecular weight is 213 g/mol. The molecule has 3 N–H and O–H groups in total. The Labute approximate surface area is 88.1 Å². The summed E-state index contributed by atoms with van der Waals surface area (Å²) in [5, 5.41) is 30.2. The number of nitrogens with zero attached hydrogens (tertiary/aromatic N) is 2. The first-order valence-electron chi connectivity index (χ1n) is 4.77. The van der Waals surface area contributed by atoms with Crippen LogP contribution in [-0.2, 0) is 4.79 Å². The normalized spacial score (nSPS) is 26.6. The molecule has 0 bridgehead atoms. The van der Waals surface area contributed by atoms with E-state index in [9.17, 15) is 9.90 Å². The highest BCUT2D eigenvalue weighted by Crippen LogP contribution is 2.11. The first kappa shape index (κ1) is 11.9. The molecule has 2 unspecified atom stereocenters. The lowest BCUT2D eigenvalue weighted by molar-refractivity contribution is -0.158. The molecule has 1 aliphatic rings. The van der Waals surface area contributed by atoms with Gasteiger partial charge in [0.05, 0.1) is 6.07 Å². The van der Waals surface area contributed by atoms with Gasteiger partial charge in [-0.25, -0.2) is 4.79 Å². The summed E-state index contributed by atoms with van der Waals surface area (Å²) in [7, 11) is 0. The topological polar surface area (TPSA) is 96.6 Å². The number of β-amino-alcohol motifs (C(OH)–C–C–N with tert-alkyl or cyclic N) is 1. The Kier molecular flexibility index (Phi) is 3.63. The summed E-state index contributed by atoms with van der Waals surface area (Å²) in [5.74, 6) is -1.27. The van der Waals surface area contributed by atoms with E-state index in [2.05, 4.69) is 11.4 Å². The van der Waals surface area contributed by atoms with Gasteiger partial charge in [-0.2, -0.15) is 5.26 Å². The van der Waals surface area contributed by atoms with Crippen LogP contribution in [0, 0.1) is 11.3 Å². The first-order valence-corrected chi connectivity index (χ1v) is 4.77. The molecule has 15 heavy (non-hydrogen) atoms. The van der Waals surface area contributed by atoms with Crippen LogP contribution in [0.3, 0.4) is 0 Å². The standard InChI is InChI=1S/C9H15N3O3/c1-9(15,8(13)14)6-12-3-2-11-5-7(12)4-10/h7,11,15H,2-3,5-6H2,1H3,(H,13,14). The van der Waals surface area contributed by atoms with Crippen molar-refractivity contribution in [3.05, 3.63) is 0 Å². The molecule has 0 amide bonds. The average Bonchev–Trinajstić information content (AvgIpc) is 2.18. The molecule has 1 aliphatic heterocycles. The third-order valence-electron chi connectivity index (χ3n) is 2.47. The number of carboxylic acids is 1. The van der Waals surface area contributed by atoms with Gasteiger partial charge in [-0.05, 0) is 6.92 Å². The molecular weight excluding hydrogens is 198 g/mol. The molecule has 0 saturated carbocycles. The zero-order valence-corrected chi connectivity index (χ0v) is 8.60. The quantitative estimate of drug-likeness (QED) is 0.534. The lowest BCUT2D eigenvalue weighted by Gasteiger charge is -2.35. The van der Waals surface area contributed by atoms with Crippen molar-refractivity contribution in [1.29, 1.82) is 5.26 Å². The van der Waals surface area contributed by atoms with E-state index in [1.54, 1.807) is 4.90 Å². The molecule has 0 aromatic heterocycles. The predicted molar refractivity (Wildman–Crippen MR) is 52.1 cm³/mol. The molecule has 2 atom stereocenters. The number of hydrogen-bond acceptors (Lipinski definition) is 5. The van der Waals surface area contributed by atoms with E-state index in [0.29, 0.717) is 19.6 Å². The van der Waals surface area contributed by atoms with Gasteiger partial charge in [-0.15, -0.1) is 0 Å². The van der Waals surface area contributed by atoms with Gasteiger partial charge in [0.15, 0.2) is 5.60 Å². The SMILES string of the molecule is CC(O)(CN1CCNCC1C#N)C(=O)O. The van der Waals surface area contributed by atoms with Crippen molar-refractivity contribution >= 4 is 5.97 Å². The van der Waals surface area contributed by atoms with Gasteiger partial charge in [0.2, 0.25) is 0 Å². The van der Waals surface area contributed by atoms with Gasteiger partial charge in [0.1, 0.15) is 6.04 Å². The molecule has 6 heteroatoms. The van der Waals surface area contributed by atoms with Gasteiger partial charge in [-0.3, -0.25) is 4.90 Å². The maximum Gasteiger partial charge on any atom is 0.336 e. The highest BCUT2D eigenvalue weighted by atomic mass is 16.4. The highest BCUT2D eigenvalue weighted by Gasteiger charge is 2.35. The van der Waals surface area contributed by atoms with E-state index in [4.69, 9.17) is 10.4 Å². The second-order valence-electron chi connectivity index (χ2n) is 3.90. The fraction of sp³-hybridized carbons (Fsp3) is 0.778. The summed E-state index contributed by atoms with van der Waals surface area (Å²) < 4.78 is 0. The molecule has 0 aromatic carbocycles. The minimum absolute atomic E-state index is 0.0256. The largest absolute Gasteiger partial charge is 0.479 e. The van der Waals surface area contributed by atoms with Crippen molar-refractivity contribution in [1.82, 2.24) is 10.2 Å². The third-order valence-corrected chi connectivity index (χ3v) is 2.47. The maximum atomic E-state index is 10.7.